The molecule has 2 bridgehead atoms. The Hall–Kier alpha value is -2.33. The molecule has 1 saturated heterocycles. The highest BCUT2D eigenvalue weighted by Gasteiger charge is 2.57. The number of hydrogen-bond acceptors (Lipinski definition) is 7. The minimum atomic E-state index is -0.807. The lowest BCUT2D eigenvalue weighted by Gasteiger charge is -2.62. The van der Waals surface area contributed by atoms with Crippen LogP contribution in [0, 0.1) is 29.1 Å². The van der Waals surface area contributed by atoms with Crippen LogP contribution >= 0.6 is 0 Å². The molecule has 3 saturated carbocycles. The average molecular weight is 607 g/mol. The first kappa shape index (κ1) is 33.0. The van der Waals surface area contributed by atoms with E-state index in [9.17, 15) is 15.0 Å². The molecule has 8 heteroatoms. The number of hydroxylamine groups is 2. The van der Waals surface area contributed by atoms with Gasteiger partial charge in [0.15, 0.2) is 0 Å². The number of hydrogen-bond donors (Lipinski definition) is 3. The van der Waals surface area contributed by atoms with Gasteiger partial charge in [-0.2, -0.15) is 5.06 Å². The van der Waals surface area contributed by atoms with Crippen LogP contribution in [0.5, 0.6) is 0 Å². The average Bonchev–Trinajstić information content (AvgIpc) is 3.36. The molecule has 3 aliphatic carbocycles. The van der Waals surface area contributed by atoms with Crippen LogP contribution in [0.2, 0.25) is 0 Å². The van der Waals surface area contributed by atoms with E-state index >= 15 is 0 Å². The van der Waals surface area contributed by atoms with Gasteiger partial charge >= 0.3 is 0 Å². The lowest BCUT2D eigenvalue weighted by Crippen LogP contribution is -2.62. The van der Waals surface area contributed by atoms with Gasteiger partial charge in [0.2, 0.25) is 5.91 Å². The Morgan fingerprint density at radius 2 is 1.73 bits per heavy atom. The number of rotatable bonds is 13. The van der Waals surface area contributed by atoms with E-state index in [0.29, 0.717) is 29.7 Å². The fraction of sp³-hybridized carbons (Fsp3) is 0.639. The quantitative estimate of drug-likeness (QED) is 0.319. The molecule has 2 aromatic carbocycles. The zero-order valence-electron chi connectivity index (χ0n) is 27.5. The van der Waals surface area contributed by atoms with Crippen molar-refractivity contribution in [2.45, 2.75) is 84.5 Å². The molecule has 6 rings (SSSR count). The molecule has 44 heavy (non-hydrogen) atoms. The number of carbonyl (C=O) groups excluding carboxylic acids is 1. The standard InChI is InChI=1S/C36H54N4O4/c1-24-30-18-29(36(30,3)4)19-31(24)37-35(43)34-33(25(2)42)32(23-41)44-40(34)22-28-14-10-13-27(17-28)21-39(16-15-38(5)6)20-26-11-8-7-9-12-26/h7-14,17,24-25,29-34,41-42H,15-16,18-23H2,1-6H3,(H,37,43)/t24-,25+,29?,30?,31+,32+,33-,34+/m1/s1. The SMILES string of the molecule is C[C@H](O)[C@@H]1[C@H](CO)ON(Cc2cccc(CN(CCN(C)C)Cc3ccccc3)c2)[C@@H]1C(=O)N[C@H]1CC2CC([C@H]1C)C2(C)C. The molecular weight excluding hydrogens is 552 g/mol. The molecule has 242 valence electrons. The summed E-state index contributed by atoms with van der Waals surface area (Å²) in [6.07, 6.45) is 0.786. The predicted octanol–water partition coefficient (Wildman–Crippen LogP) is 3.91. The summed E-state index contributed by atoms with van der Waals surface area (Å²) in [7, 11) is 4.20. The van der Waals surface area contributed by atoms with E-state index in [2.05, 4.69) is 98.5 Å². The second-order valence-electron chi connectivity index (χ2n) is 14.6. The largest absolute Gasteiger partial charge is 0.394 e. The smallest absolute Gasteiger partial charge is 0.240 e. The van der Waals surface area contributed by atoms with Crippen molar-refractivity contribution < 1.29 is 19.8 Å². The lowest BCUT2D eigenvalue weighted by molar-refractivity contribution is -0.183. The second-order valence-corrected chi connectivity index (χ2v) is 14.6. The Balaban J connectivity index is 1.30. The second kappa shape index (κ2) is 14.0. The molecule has 4 fully saturated rings. The highest BCUT2D eigenvalue weighted by atomic mass is 16.7. The first-order valence-corrected chi connectivity index (χ1v) is 16.5. The molecule has 3 N–H and O–H groups in total. The van der Waals surface area contributed by atoms with Crippen LogP contribution in [0.4, 0.5) is 0 Å². The van der Waals surface area contributed by atoms with Gasteiger partial charge in [-0.05, 0) is 73.7 Å². The van der Waals surface area contributed by atoms with Crippen LogP contribution in [-0.2, 0) is 29.3 Å². The predicted molar refractivity (Wildman–Crippen MR) is 173 cm³/mol. The van der Waals surface area contributed by atoms with Crippen molar-refractivity contribution in [3.63, 3.8) is 0 Å². The fourth-order valence-electron chi connectivity index (χ4n) is 8.15. The molecule has 1 aliphatic heterocycles. The lowest BCUT2D eigenvalue weighted by atomic mass is 9.45. The van der Waals surface area contributed by atoms with Gasteiger partial charge < -0.3 is 20.4 Å². The third kappa shape index (κ3) is 7.22. The summed E-state index contributed by atoms with van der Waals surface area (Å²) < 4.78 is 0. The van der Waals surface area contributed by atoms with Crippen LogP contribution in [0.25, 0.3) is 0 Å². The molecule has 1 amide bonds. The van der Waals surface area contributed by atoms with Gasteiger partial charge in [-0.25, -0.2) is 0 Å². The number of nitrogens with one attached hydrogen (secondary N) is 1. The molecule has 8 nitrogen and oxygen atoms in total. The Morgan fingerprint density at radius 3 is 2.36 bits per heavy atom. The van der Waals surface area contributed by atoms with Crippen LogP contribution in [0.3, 0.4) is 0 Å². The van der Waals surface area contributed by atoms with Crippen molar-refractivity contribution in [3.8, 4) is 0 Å². The van der Waals surface area contributed by atoms with Gasteiger partial charge in [-0.1, -0.05) is 75.4 Å². The Labute approximate surface area is 264 Å². The Morgan fingerprint density at radius 1 is 1.05 bits per heavy atom. The van der Waals surface area contributed by atoms with Gasteiger partial charge in [0.1, 0.15) is 12.1 Å². The van der Waals surface area contributed by atoms with Gasteiger partial charge in [-0.15, -0.1) is 0 Å². The van der Waals surface area contributed by atoms with E-state index in [4.69, 9.17) is 4.84 Å². The number of nitrogens with zero attached hydrogens (tertiary/aromatic N) is 3. The molecule has 8 atom stereocenters. The Kier molecular flexibility index (Phi) is 10.5. The third-order valence-electron chi connectivity index (χ3n) is 10.9. The maximum atomic E-state index is 14.0. The summed E-state index contributed by atoms with van der Waals surface area (Å²) in [6, 6.07) is 18.4. The van der Waals surface area contributed by atoms with Crippen LogP contribution in [0.15, 0.2) is 54.6 Å². The van der Waals surface area contributed by atoms with Crippen molar-refractivity contribution in [2.75, 3.05) is 33.8 Å². The van der Waals surface area contributed by atoms with Gasteiger partial charge in [0.05, 0.1) is 19.3 Å². The molecule has 1 heterocycles. The van der Waals surface area contributed by atoms with Gasteiger partial charge in [0, 0.05) is 38.1 Å². The number of aliphatic hydroxyl groups is 2. The summed E-state index contributed by atoms with van der Waals surface area (Å²) in [4.78, 5) is 24.9. The summed E-state index contributed by atoms with van der Waals surface area (Å²) in [6.45, 7) is 12.4. The molecule has 4 aliphatic rings. The summed E-state index contributed by atoms with van der Waals surface area (Å²) >= 11 is 0. The summed E-state index contributed by atoms with van der Waals surface area (Å²) in [5.74, 6) is 1.00. The zero-order chi connectivity index (χ0) is 31.6. The van der Waals surface area contributed by atoms with Gasteiger partial charge in [0.25, 0.3) is 0 Å². The highest BCUT2D eigenvalue weighted by molar-refractivity contribution is 5.82. The topological polar surface area (TPSA) is 88.5 Å². The van der Waals surface area contributed by atoms with E-state index in [-0.39, 0.29) is 18.6 Å². The van der Waals surface area contributed by atoms with Gasteiger partial charge in [-0.3, -0.25) is 14.5 Å². The first-order valence-electron chi connectivity index (χ1n) is 16.5. The van der Waals surface area contributed by atoms with E-state index in [0.717, 1.165) is 38.2 Å². The molecule has 0 radical (unpaired) electrons. The molecular formula is C36H54N4O4. The zero-order valence-corrected chi connectivity index (χ0v) is 27.5. The maximum Gasteiger partial charge on any atom is 0.240 e. The van der Waals surface area contributed by atoms with Crippen LogP contribution < -0.4 is 5.32 Å². The van der Waals surface area contributed by atoms with Crippen LogP contribution in [-0.4, -0.2) is 89.1 Å². The van der Waals surface area contributed by atoms with Crippen molar-refractivity contribution in [2.24, 2.45) is 29.1 Å². The Bertz CT molecular complexity index is 1240. The number of benzene rings is 2. The minimum absolute atomic E-state index is 0.114. The molecule has 0 spiro atoms. The van der Waals surface area contributed by atoms with Crippen molar-refractivity contribution in [1.82, 2.24) is 20.2 Å². The number of aliphatic hydroxyl groups excluding tert-OH is 2. The minimum Gasteiger partial charge on any atom is -0.394 e. The summed E-state index contributed by atoms with van der Waals surface area (Å²) in [5.41, 5.74) is 3.85. The van der Waals surface area contributed by atoms with Crippen LogP contribution in [0.1, 0.15) is 57.2 Å². The van der Waals surface area contributed by atoms with E-state index in [1.165, 1.54) is 17.5 Å². The van der Waals surface area contributed by atoms with E-state index in [1.54, 1.807) is 12.0 Å². The fourth-order valence-corrected chi connectivity index (χ4v) is 8.15. The van der Waals surface area contributed by atoms with Crippen molar-refractivity contribution >= 4 is 5.91 Å². The van der Waals surface area contributed by atoms with E-state index < -0.39 is 24.2 Å². The van der Waals surface area contributed by atoms with Crippen molar-refractivity contribution in [1.29, 1.82) is 0 Å². The monoisotopic (exact) mass is 606 g/mol. The summed E-state index contributed by atoms with van der Waals surface area (Å²) in [5, 5.41) is 26.0. The number of fused-ring (bicyclic) bond motifs is 2. The normalized spacial score (nSPS) is 30.4. The molecule has 2 unspecified atom stereocenters. The maximum absolute atomic E-state index is 14.0. The number of likely N-dealkylation sites (N-methyl/N-ethyl adjacent to an activating group) is 1. The number of amides is 1. The molecule has 0 aromatic heterocycles. The van der Waals surface area contributed by atoms with Crippen molar-refractivity contribution in [3.05, 3.63) is 71.3 Å². The van der Waals surface area contributed by atoms with E-state index in [1.807, 2.05) is 6.07 Å². The molecule has 2 aromatic rings. The number of carbonyl (C=O) groups is 1. The third-order valence-corrected chi connectivity index (χ3v) is 10.9. The first-order chi connectivity index (χ1) is 21.0. The highest BCUT2D eigenvalue weighted by Crippen LogP contribution is 2.61.